The first-order valence-corrected chi connectivity index (χ1v) is 14.9. The van der Waals surface area contributed by atoms with Crippen LogP contribution in [0.5, 0.6) is 5.88 Å². The molecule has 0 spiro atoms. The molecular weight excluding hydrogens is 593 g/mol. The number of anilines is 3. The monoisotopic (exact) mass is 630 g/mol. The van der Waals surface area contributed by atoms with Crippen LogP contribution in [-0.4, -0.2) is 69.9 Å². The van der Waals surface area contributed by atoms with Crippen molar-refractivity contribution in [3.05, 3.63) is 94.9 Å². The van der Waals surface area contributed by atoms with Crippen LogP contribution in [0.2, 0.25) is 0 Å². The fourth-order valence-electron chi connectivity index (χ4n) is 5.01. The molecule has 240 valence electrons. The van der Waals surface area contributed by atoms with Crippen molar-refractivity contribution in [2.45, 2.75) is 33.1 Å². The van der Waals surface area contributed by atoms with Gasteiger partial charge in [-0.25, -0.2) is 9.97 Å². The maximum Gasteiger partial charge on any atom is 0.416 e. The van der Waals surface area contributed by atoms with E-state index in [1.165, 1.54) is 0 Å². The third kappa shape index (κ3) is 8.04. The van der Waals surface area contributed by atoms with E-state index >= 15 is 0 Å². The first kappa shape index (κ1) is 32.5. The van der Waals surface area contributed by atoms with Gasteiger partial charge in [0.25, 0.3) is 5.88 Å². The van der Waals surface area contributed by atoms with Gasteiger partial charge in [-0.05, 0) is 55.8 Å². The van der Waals surface area contributed by atoms with Crippen molar-refractivity contribution in [1.29, 1.82) is 0 Å². The number of nitrogens with zero attached hydrogens (tertiary/aromatic N) is 6. The molecule has 5 rings (SSSR count). The summed E-state index contributed by atoms with van der Waals surface area (Å²) in [5.74, 6) is 7.06. The van der Waals surface area contributed by atoms with Gasteiger partial charge in [-0.3, -0.25) is 9.58 Å². The minimum absolute atomic E-state index is 0.257. The third-order valence-corrected chi connectivity index (χ3v) is 7.77. The highest BCUT2D eigenvalue weighted by molar-refractivity contribution is 5.76. The smallest absolute Gasteiger partial charge is 0.416 e. The van der Waals surface area contributed by atoms with Crippen LogP contribution in [0.3, 0.4) is 0 Å². The van der Waals surface area contributed by atoms with Crippen molar-refractivity contribution in [3.63, 3.8) is 0 Å². The minimum Gasteiger partial charge on any atom is -0.478 e. The Morgan fingerprint density at radius 1 is 1.04 bits per heavy atom. The number of piperazine rings is 1. The summed E-state index contributed by atoms with van der Waals surface area (Å²) >= 11 is 0. The van der Waals surface area contributed by atoms with Crippen molar-refractivity contribution >= 4 is 23.0 Å². The molecule has 2 N–H and O–H groups in total. The Labute approximate surface area is 267 Å². The lowest BCUT2D eigenvalue weighted by Crippen LogP contribution is -2.44. The SMILES string of the molecule is C=C(Nc1ccc(CN2CCN(C)CC2)c(C(F)(F)F)c1)c1ccc(C)c(C#Cc2cnc(Nc3cn(CC)nc3OC)nc2)c1. The van der Waals surface area contributed by atoms with Gasteiger partial charge in [0.1, 0.15) is 5.69 Å². The Bertz CT molecular complexity index is 1750. The fraction of sp³-hybridized carbons (Fsp3) is 0.324. The van der Waals surface area contributed by atoms with Gasteiger partial charge in [0.2, 0.25) is 5.95 Å². The van der Waals surface area contributed by atoms with Gasteiger partial charge in [0.05, 0.1) is 24.4 Å². The number of hydrogen-bond acceptors (Lipinski definition) is 8. The van der Waals surface area contributed by atoms with Crippen LogP contribution in [0, 0.1) is 18.8 Å². The highest BCUT2D eigenvalue weighted by atomic mass is 19.4. The van der Waals surface area contributed by atoms with Gasteiger partial charge >= 0.3 is 6.18 Å². The molecule has 2 aromatic carbocycles. The molecule has 0 atom stereocenters. The number of rotatable bonds is 9. The first-order valence-electron chi connectivity index (χ1n) is 14.9. The van der Waals surface area contributed by atoms with Gasteiger partial charge in [-0.1, -0.05) is 36.6 Å². The van der Waals surface area contributed by atoms with E-state index in [4.69, 9.17) is 4.74 Å². The van der Waals surface area contributed by atoms with Crippen LogP contribution in [0.15, 0.2) is 61.6 Å². The molecule has 1 aliphatic rings. The average Bonchev–Trinajstić information content (AvgIpc) is 3.44. The van der Waals surface area contributed by atoms with Crippen molar-refractivity contribution in [3.8, 4) is 17.7 Å². The standard InChI is InChI=1S/C34H37F3N8O/c1-6-45-22-31(32(42-45)46-5)41-33-38-19-25(20-39-33)8-10-26-17-27(9-7-23(26)2)24(3)40-29-12-11-28(30(18-29)34(35,36)37)21-44-15-13-43(4)14-16-44/h7,9,11-12,17-20,22,40H,3,6,13-16,21H2,1-2,4-5H3,(H,38,39,41). The molecular formula is C34H37F3N8O. The molecule has 0 saturated carbocycles. The van der Waals surface area contributed by atoms with E-state index in [0.29, 0.717) is 46.6 Å². The topological polar surface area (TPSA) is 83.4 Å². The van der Waals surface area contributed by atoms with Gasteiger partial charge in [0, 0.05) is 68.6 Å². The van der Waals surface area contributed by atoms with Crippen molar-refractivity contribution in [2.24, 2.45) is 0 Å². The van der Waals surface area contributed by atoms with E-state index in [1.807, 2.05) is 45.3 Å². The molecule has 1 fully saturated rings. The average molecular weight is 631 g/mol. The molecule has 1 aliphatic heterocycles. The molecule has 0 unspecified atom stereocenters. The van der Waals surface area contributed by atoms with Crippen molar-refractivity contribution in [2.75, 3.05) is 51.0 Å². The van der Waals surface area contributed by atoms with E-state index in [0.717, 1.165) is 43.4 Å². The van der Waals surface area contributed by atoms with Crippen LogP contribution in [0.4, 0.5) is 30.5 Å². The Balaban J connectivity index is 1.27. The zero-order chi connectivity index (χ0) is 32.8. The Hall–Kier alpha value is -4.86. The van der Waals surface area contributed by atoms with Crippen molar-refractivity contribution < 1.29 is 17.9 Å². The molecule has 0 amide bonds. The molecule has 4 aromatic rings. The number of hydrogen-bond donors (Lipinski definition) is 2. The van der Waals surface area contributed by atoms with Crippen LogP contribution >= 0.6 is 0 Å². The number of alkyl halides is 3. The zero-order valence-electron chi connectivity index (χ0n) is 26.4. The second-order valence-electron chi connectivity index (χ2n) is 11.2. The highest BCUT2D eigenvalue weighted by Crippen LogP contribution is 2.35. The van der Waals surface area contributed by atoms with Crippen LogP contribution in [0.25, 0.3) is 5.70 Å². The van der Waals surface area contributed by atoms with Gasteiger partial charge in [-0.2, -0.15) is 13.2 Å². The summed E-state index contributed by atoms with van der Waals surface area (Å²) in [5, 5.41) is 10.5. The summed E-state index contributed by atoms with van der Waals surface area (Å²) in [6.45, 7) is 12.1. The zero-order valence-corrected chi connectivity index (χ0v) is 26.4. The Kier molecular flexibility index (Phi) is 9.94. The second kappa shape index (κ2) is 14.1. The third-order valence-electron chi connectivity index (χ3n) is 7.77. The van der Waals surface area contributed by atoms with E-state index in [1.54, 1.807) is 36.3 Å². The maximum absolute atomic E-state index is 14.1. The number of methoxy groups -OCH3 is 1. The molecule has 2 aromatic heterocycles. The van der Waals surface area contributed by atoms with Crippen LogP contribution in [-0.2, 0) is 19.3 Å². The molecule has 12 heteroatoms. The van der Waals surface area contributed by atoms with E-state index < -0.39 is 11.7 Å². The lowest BCUT2D eigenvalue weighted by Gasteiger charge is -2.33. The second-order valence-corrected chi connectivity index (χ2v) is 11.2. The quantitative estimate of drug-likeness (QED) is 0.218. The summed E-state index contributed by atoms with van der Waals surface area (Å²) in [6.07, 6.45) is 0.569. The van der Waals surface area contributed by atoms with E-state index in [2.05, 4.69) is 53.9 Å². The minimum atomic E-state index is -4.48. The Morgan fingerprint density at radius 3 is 2.46 bits per heavy atom. The maximum atomic E-state index is 14.1. The van der Waals surface area contributed by atoms with Gasteiger partial charge in [-0.15, -0.1) is 5.10 Å². The number of nitrogens with one attached hydrogen (secondary N) is 2. The van der Waals surface area contributed by atoms with E-state index in [9.17, 15) is 13.2 Å². The summed E-state index contributed by atoms with van der Waals surface area (Å²) in [4.78, 5) is 12.9. The largest absolute Gasteiger partial charge is 0.478 e. The Morgan fingerprint density at radius 2 is 1.78 bits per heavy atom. The van der Waals surface area contributed by atoms with Gasteiger partial charge < -0.3 is 20.3 Å². The number of halogens is 3. The predicted octanol–water partition coefficient (Wildman–Crippen LogP) is 6.00. The predicted molar refractivity (Wildman–Crippen MR) is 174 cm³/mol. The molecule has 0 radical (unpaired) electrons. The summed E-state index contributed by atoms with van der Waals surface area (Å²) in [6, 6.07) is 10.0. The van der Waals surface area contributed by atoms with Crippen LogP contribution in [0.1, 0.15) is 40.3 Å². The van der Waals surface area contributed by atoms with Crippen LogP contribution < -0.4 is 15.4 Å². The lowest BCUT2D eigenvalue weighted by molar-refractivity contribution is -0.138. The lowest BCUT2D eigenvalue weighted by atomic mass is 10.0. The van der Waals surface area contributed by atoms with E-state index in [-0.39, 0.29) is 12.1 Å². The number of ether oxygens (including phenoxy) is 1. The summed E-state index contributed by atoms with van der Waals surface area (Å²) in [5.41, 5.74) is 4.07. The number of aryl methyl sites for hydroxylation is 2. The molecule has 9 nitrogen and oxygen atoms in total. The first-order chi connectivity index (χ1) is 22.0. The molecule has 46 heavy (non-hydrogen) atoms. The number of likely N-dealkylation sites (N-methyl/N-ethyl adjacent to an activating group) is 1. The summed E-state index contributed by atoms with van der Waals surface area (Å²) in [7, 11) is 3.57. The number of benzene rings is 2. The highest BCUT2D eigenvalue weighted by Gasteiger charge is 2.34. The number of aromatic nitrogens is 4. The molecule has 3 heterocycles. The fourth-order valence-corrected chi connectivity index (χ4v) is 5.01. The van der Waals surface area contributed by atoms with Crippen molar-refractivity contribution in [1.82, 2.24) is 29.5 Å². The molecule has 0 aliphatic carbocycles. The molecule has 1 saturated heterocycles. The van der Waals surface area contributed by atoms with Gasteiger partial charge in [0.15, 0.2) is 0 Å². The molecule has 0 bridgehead atoms. The summed E-state index contributed by atoms with van der Waals surface area (Å²) < 4.78 is 49.3. The normalized spacial score (nSPS) is 14.0.